The summed E-state index contributed by atoms with van der Waals surface area (Å²) in [6.07, 6.45) is 5.30. The van der Waals surface area contributed by atoms with Crippen LogP contribution in [0.15, 0.2) is 45.3 Å². The Hall–Kier alpha value is -2.74. The summed E-state index contributed by atoms with van der Waals surface area (Å²) in [6, 6.07) is 7.51. The summed E-state index contributed by atoms with van der Waals surface area (Å²) in [5.74, 6) is -0.606. The van der Waals surface area contributed by atoms with E-state index < -0.39 is 11.2 Å². The SMILES string of the molecule is O=C(Cn1c(=O)n(Cc2ccc(F)cc2)c(=O)c2sccc21)NC1CCCCC1. The first kappa shape index (κ1) is 19.6. The van der Waals surface area contributed by atoms with E-state index in [0.717, 1.165) is 30.3 Å². The average molecular weight is 415 g/mol. The van der Waals surface area contributed by atoms with Crippen molar-refractivity contribution >= 4 is 27.5 Å². The highest BCUT2D eigenvalue weighted by molar-refractivity contribution is 7.17. The van der Waals surface area contributed by atoms with Gasteiger partial charge in [-0.05, 0) is 42.0 Å². The Labute approximate surface area is 170 Å². The van der Waals surface area contributed by atoms with Gasteiger partial charge < -0.3 is 5.32 Å². The van der Waals surface area contributed by atoms with Gasteiger partial charge in [0.05, 0.1) is 12.1 Å². The van der Waals surface area contributed by atoms with Gasteiger partial charge in [-0.3, -0.25) is 18.7 Å². The lowest BCUT2D eigenvalue weighted by atomic mass is 9.95. The number of nitrogens with zero attached hydrogens (tertiary/aromatic N) is 2. The van der Waals surface area contributed by atoms with E-state index in [1.807, 2.05) is 0 Å². The molecule has 0 unspecified atom stereocenters. The number of thiophene rings is 1. The lowest BCUT2D eigenvalue weighted by Gasteiger charge is -2.23. The number of aromatic nitrogens is 2. The Kier molecular flexibility index (Phi) is 5.62. The largest absolute Gasteiger partial charge is 0.352 e. The number of rotatable bonds is 5. The first-order chi connectivity index (χ1) is 14.0. The van der Waals surface area contributed by atoms with E-state index in [9.17, 15) is 18.8 Å². The second-order valence-corrected chi connectivity index (χ2v) is 8.34. The molecule has 2 aromatic heterocycles. The van der Waals surface area contributed by atoms with Crippen molar-refractivity contribution in [1.29, 1.82) is 0 Å². The molecule has 29 heavy (non-hydrogen) atoms. The lowest BCUT2D eigenvalue weighted by Crippen LogP contribution is -2.44. The van der Waals surface area contributed by atoms with E-state index in [0.29, 0.717) is 15.8 Å². The summed E-state index contributed by atoms with van der Waals surface area (Å²) >= 11 is 1.24. The molecule has 1 saturated carbocycles. The van der Waals surface area contributed by atoms with Crippen molar-refractivity contribution < 1.29 is 9.18 Å². The summed E-state index contributed by atoms with van der Waals surface area (Å²) in [5.41, 5.74) is 0.177. The second-order valence-electron chi connectivity index (χ2n) is 7.42. The molecule has 1 fully saturated rings. The summed E-state index contributed by atoms with van der Waals surface area (Å²) in [6.45, 7) is -0.109. The molecule has 0 radical (unpaired) electrons. The fourth-order valence-corrected chi connectivity index (χ4v) is 4.70. The summed E-state index contributed by atoms with van der Waals surface area (Å²) in [5, 5.41) is 4.76. The Balaban J connectivity index is 1.66. The molecule has 0 atom stereocenters. The topological polar surface area (TPSA) is 73.1 Å². The fraction of sp³-hybridized carbons (Fsp3) is 0.381. The zero-order chi connectivity index (χ0) is 20.4. The molecule has 6 nitrogen and oxygen atoms in total. The van der Waals surface area contributed by atoms with Gasteiger partial charge in [0.1, 0.15) is 17.1 Å². The van der Waals surface area contributed by atoms with Crippen LogP contribution < -0.4 is 16.6 Å². The predicted octanol–water partition coefficient (Wildman–Crippen LogP) is 2.86. The standard InChI is InChI=1S/C21H22FN3O3S/c22-15-8-6-14(7-9-15)12-25-20(27)19-17(10-11-29-19)24(21(25)28)13-18(26)23-16-4-2-1-3-5-16/h6-11,16H,1-5,12-13H2,(H,23,26). The number of carbonyl (C=O) groups is 1. The fourth-order valence-electron chi connectivity index (χ4n) is 3.86. The summed E-state index contributed by atoms with van der Waals surface area (Å²) < 4.78 is 16.1. The van der Waals surface area contributed by atoms with E-state index >= 15 is 0 Å². The van der Waals surface area contributed by atoms with Crippen molar-refractivity contribution in [1.82, 2.24) is 14.5 Å². The molecule has 1 aliphatic carbocycles. The zero-order valence-electron chi connectivity index (χ0n) is 15.9. The van der Waals surface area contributed by atoms with Crippen molar-refractivity contribution in [3.8, 4) is 0 Å². The van der Waals surface area contributed by atoms with Crippen molar-refractivity contribution in [3.63, 3.8) is 0 Å². The third kappa shape index (κ3) is 4.17. The van der Waals surface area contributed by atoms with E-state index in [1.165, 1.54) is 34.5 Å². The number of nitrogens with one attached hydrogen (secondary N) is 1. The van der Waals surface area contributed by atoms with Crippen molar-refractivity contribution in [2.75, 3.05) is 0 Å². The summed E-state index contributed by atoms with van der Waals surface area (Å²) in [7, 11) is 0. The number of hydrogen-bond donors (Lipinski definition) is 1. The molecule has 1 amide bonds. The number of halogens is 1. The van der Waals surface area contributed by atoms with Crippen LogP contribution in [0.3, 0.4) is 0 Å². The molecule has 2 heterocycles. The van der Waals surface area contributed by atoms with Gasteiger partial charge in [0.2, 0.25) is 5.91 Å². The van der Waals surface area contributed by atoms with Crippen LogP contribution in [-0.4, -0.2) is 21.1 Å². The highest BCUT2D eigenvalue weighted by Crippen LogP contribution is 2.18. The molecule has 0 bridgehead atoms. The maximum Gasteiger partial charge on any atom is 0.332 e. The van der Waals surface area contributed by atoms with Gasteiger partial charge in [-0.25, -0.2) is 9.18 Å². The minimum Gasteiger partial charge on any atom is -0.352 e. The van der Waals surface area contributed by atoms with Gasteiger partial charge in [0, 0.05) is 6.04 Å². The third-order valence-corrected chi connectivity index (χ3v) is 6.25. The highest BCUT2D eigenvalue weighted by Gasteiger charge is 2.19. The molecular formula is C21H22FN3O3S. The Morgan fingerprint density at radius 3 is 2.52 bits per heavy atom. The van der Waals surface area contributed by atoms with Gasteiger partial charge in [-0.15, -0.1) is 11.3 Å². The van der Waals surface area contributed by atoms with E-state index in [2.05, 4.69) is 5.32 Å². The molecule has 8 heteroatoms. The van der Waals surface area contributed by atoms with Crippen molar-refractivity contribution in [3.05, 3.63) is 67.9 Å². The van der Waals surface area contributed by atoms with E-state index in [4.69, 9.17) is 0 Å². The number of benzene rings is 1. The third-order valence-electron chi connectivity index (χ3n) is 5.36. The first-order valence-corrected chi connectivity index (χ1v) is 10.7. The molecule has 0 saturated heterocycles. The van der Waals surface area contributed by atoms with Gasteiger partial charge >= 0.3 is 5.69 Å². The molecule has 0 spiro atoms. The van der Waals surface area contributed by atoms with Crippen LogP contribution in [0.5, 0.6) is 0 Å². The minimum absolute atomic E-state index is 0.0238. The van der Waals surface area contributed by atoms with Crippen LogP contribution in [0.2, 0.25) is 0 Å². The number of hydrogen-bond acceptors (Lipinski definition) is 4. The molecule has 0 aliphatic heterocycles. The molecule has 1 aromatic carbocycles. The van der Waals surface area contributed by atoms with E-state index in [-0.39, 0.29) is 30.9 Å². The van der Waals surface area contributed by atoms with Gasteiger partial charge in [0.25, 0.3) is 5.56 Å². The zero-order valence-corrected chi connectivity index (χ0v) is 16.7. The molecule has 3 aromatic rings. The number of fused-ring (bicyclic) bond motifs is 1. The monoisotopic (exact) mass is 415 g/mol. The Bertz CT molecular complexity index is 1140. The normalized spacial score (nSPS) is 14.9. The Morgan fingerprint density at radius 1 is 1.07 bits per heavy atom. The molecule has 1 aliphatic rings. The summed E-state index contributed by atoms with van der Waals surface area (Å²) in [4.78, 5) is 38.5. The van der Waals surface area contributed by atoms with Crippen LogP contribution in [0.25, 0.3) is 10.2 Å². The lowest BCUT2D eigenvalue weighted by molar-refractivity contribution is -0.122. The number of carbonyl (C=O) groups excluding carboxylic acids is 1. The van der Waals surface area contributed by atoms with Crippen LogP contribution in [0.1, 0.15) is 37.7 Å². The second kappa shape index (κ2) is 8.32. The van der Waals surface area contributed by atoms with Crippen molar-refractivity contribution in [2.45, 2.75) is 51.2 Å². The molecule has 4 rings (SSSR count). The number of amides is 1. The van der Waals surface area contributed by atoms with Gasteiger partial charge in [-0.2, -0.15) is 0 Å². The molecule has 1 N–H and O–H groups in total. The maximum atomic E-state index is 13.2. The Morgan fingerprint density at radius 2 is 1.79 bits per heavy atom. The molecule has 152 valence electrons. The van der Waals surface area contributed by atoms with Gasteiger partial charge in [-0.1, -0.05) is 31.4 Å². The van der Waals surface area contributed by atoms with Gasteiger partial charge in [0.15, 0.2) is 0 Å². The first-order valence-electron chi connectivity index (χ1n) is 9.77. The van der Waals surface area contributed by atoms with Crippen LogP contribution in [-0.2, 0) is 17.9 Å². The minimum atomic E-state index is -0.538. The quantitative estimate of drug-likeness (QED) is 0.696. The molecular weight excluding hydrogens is 393 g/mol. The van der Waals surface area contributed by atoms with Crippen LogP contribution in [0, 0.1) is 5.82 Å². The van der Waals surface area contributed by atoms with Crippen LogP contribution in [0.4, 0.5) is 4.39 Å². The average Bonchev–Trinajstić information content (AvgIpc) is 3.21. The van der Waals surface area contributed by atoms with Crippen LogP contribution >= 0.6 is 11.3 Å². The van der Waals surface area contributed by atoms with Crippen molar-refractivity contribution in [2.24, 2.45) is 0 Å². The smallest absolute Gasteiger partial charge is 0.332 e. The maximum absolute atomic E-state index is 13.2. The van der Waals surface area contributed by atoms with E-state index in [1.54, 1.807) is 23.6 Å². The highest BCUT2D eigenvalue weighted by atomic mass is 32.1. The predicted molar refractivity (Wildman–Crippen MR) is 111 cm³/mol.